The van der Waals surface area contributed by atoms with E-state index in [0.29, 0.717) is 0 Å². The Morgan fingerprint density at radius 2 is 1.50 bits per heavy atom. The Bertz CT molecular complexity index is 56.9. The van der Waals surface area contributed by atoms with Crippen molar-refractivity contribution in [1.29, 1.82) is 0 Å². The van der Waals surface area contributed by atoms with E-state index in [4.69, 9.17) is 14.4 Å². The maximum atomic E-state index is 10.1. The summed E-state index contributed by atoms with van der Waals surface area (Å²) >= 11 is 0. The van der Waals surface area contributed by atoms with Crippen molar-refractivity contribution in [2.45, 2.75) is 0 Å². The molecule has 0 amide bonds. The summed E-state index contributed by atoms with van der Waals surface area (Å²) < 4.78 is 18.6. The van der Waals surface area contributed by atoms with E-state index in [2.05, 4.69) is 0 Å². The van der Waals surface area contributed by atoms with E-state index in [1.807, 2.05) is 0 Å². The third kappa shape index (κ3) is 95.1. The molecule has 0 atom stereocenters. The molecular formula is H2FO3PSn. The molecule has 0 heterocycles. The van der Waals surface area contributed by atoms with Crippen LogP contribution in [-0.4, -0.2) is 23.9 Å². The zero-order chi connectivity index (χ0) is 4.50. The van der Waals surface area contributed by atoms with E-state index in [-0.39, 0.29) is 23.9 Å². The Balaban J connectivity index is 0. The van der Waals surface area contributed by atoms with Crippen LogP contribution in [0.25, 0.3) is 0 Å². The van der Waals surface area contributed by atoms with Crippen LogP contribution in [0.2, 0.25) is 0 Å². The normalized spacial score (nSPS) is 9.83. The third-order valence-corrected chi connectivity index (χ3v) is 0. The summed E-state index contributed by atoms with van der Waals surface area (Å²) in [5.41, 5.74) is 0. The van der Waals surface area contributed by atoms with Crippen molar-refractivity contribution in [3.8, 4) is 0 Å². The van der Waals surface area contributed by atoms with Gasteiger partial charge in [0.15, 0.2) is 0 Å². The molecule has 0 fully saturated rings. The number of hydrogen-bond acceptors (Lipinski definition) is 3. The fourth-order valence-corrected chi connectivity index (χ4v) is 0. The Kier molecular flexibility index (Phi) is 4.92. The molecule has 0 saturated carbocycles. The summed E-state index contributed by atoms with van der Waals surface area (Å²) in [6, 6.07) is 0. The van der Waals surface area contributed by atoms with E-state index in [1.54, 1.807) is 0 Å². The van der Waals surface area contributed by atoms with Crippen LogP contribution in [0.4, 0.5) is 4.20 Å². The first-order valence-electron chi connectivity index (χ1n) is 0.717. The van der Waals surface area contributed by atoms with Crippen LogP contribution >= 0.6 is 7.91 Å². The van der Waals surface area contributed by atoms with Crippen molar-refractivity contribution in [3.63, 3.8) is 0 Å². The van der Waals surface area contributed by atoms with Gasteiger partial charge in [-0.05, 0) is 0 Å². The van der Waals surface area contributed by atoms with Crippen molar-refractivity contribution in [3.05, 3.63) is 0 Å². The van der Waals surface area contributed by atoms with Crippen LogP contribution in [0.3, 0.4) is 0 Å². The molecule has 0 aromatic rings. The van der Waals surface area contributed by atoms with Gasteiger partial charge in [0, 0.05) is 0 Å². The van der Waals surface area contributed by atoms with E-state index in [0.717, 1.165) is 0 Å². The molecule has 0 aliphatic carbocycles. The topological polar surface area (TPSA) is 63.2 Å². The average Bonchev–Trinajstić information content (AvgIpc) is 0.722. The van der Waals surface area contributed by atoms with E-state index in [1.165, 1.54) is 0 Å². The molecule has 3 nitrogen and oxygen atoms in total. The van der Waals surface area contributed by atoms with Gasteiger partial charge in [-0.3, -0.25) is 0 Å². The molecule has 36 valence electrons. The van der Waals surface area contributed by atoms with E-state index in [9.17, 15) is 4.20 Å². The fourth-order valence-electron chi connectivity index (χ4n) is 0. The van der Waals surface area contributed by atoms with Crippen molar-refractivity contribution >= 4 is 31.8 Å². The average molecular weight is 219 g/mol. The van der Waals surface area contributed by atoms with Gasteiger partial charge in [-0.2, -0.15) is 0 Å². The van der Waals surface area contributed by atoms with Gasteiger partial charge in [-0.1, -0.05) is 0 Å². The van der Waals surface area contributed by atoms with Crippen molar-refractivity contribution in [2.24, 2.45) is 0 Å². The monoisotopic (exact) mass is 220 g/mol. The third-order valence-electron chi connectivity index (χ3n) is 0. The number of rotatable bonds is 0. The van der Waals surface area contributed by atoms with Crippen LogP contribution in [-0.2, 0) is 4.57 Å². The Morgan fingerprint density at radius 3 is 1.50 bits per heavy atom. The van der Waals surface area contributed by atoms with Gasteiger partial charge in [-0.15, -0.1) is 0 Å². The van der Waals surface area contributed by atoms with Gasteiger partial charge in [0.2, 0.25) is 0 Å². The van der Waals surface area contributed by atoms with Crippen LogP contribution in [0.1, 0.15) is 0 Å². The molecule has 0 aromatic heterocycles. The molecule has 0 saturated heterocycles. The first-order chi connectivity index (χ1) is 2.00. The molecule has 0 rings (SSSR count). The van der Waals surface area contributed by atoms with Crippen molar-refractivity contribution < 1.29 is 18.5 Å². The predicted molar refractivity (Wildman–Crippen MR) is 17.3 cm³/mol. The maximum absolute atomic E-state index is 10.1. The van der Waals surface area contributed by atoms with E-state index < -0.39 is 7.91 Å². The molecule has 0 bridgehead atoms. The zero-order valence-corrected chi connectivity index (χ0v) is 7.69. The van der Waals surface area contributed by atoms with Gasteiger partial charge in [0.25, 0.3) is 0 Å². The Morgan fingerprint density at radius 1 is 1.50 bits per heavy atom. The first-order valence-corrected chi connectivity index (χ1v) is 2.15. The molecule has 0 N–H and O–H groups in total. The van der Waals surface area contributed by atoms with Gasteiger partial charge >= 0.3 is 23.9 Å². The van der Waals surface area contributed by atoms with Gasteiger partial charge < -0.3 is 14.4 Å². The Labute approximate surface area is 50.8 Å². The minimum absolute atomic E-state index is 0. The van der Waals surface area contributed by atoms with Crippen molar-refractivity contribution in [2.75, 3.05) is 0 Å². The number of halogens is 1. The van der Waals surface area contributed by atoms with Gasteiger partial charge in [-0.25, -0.2) is 4.20 Å². The molecule has 6 heavy (non-hydrogen) atoms. The molecule has 0 spiro atoms. The molecule has 0 aliphatic heterocycles. The van der Waals surface area contributed by atoms with Crippen LogP contribution in [0.15, 0.2) is 0 Å². The van der Waals surface area contributed by atoms with Crippen LogP contribution < -0.4 is 9.79 Å². The first kappa shape index (κ1) is 9.99. The zero-order valence-electron chi connectivity index (χ0n) is 2.76. The van der Waals surface area contributed by atoms with Crippen LogP contribution in [0, 0.1) is 0 Å². The summed E-state index contributed by atoms with van der Waals surface area (Å²) in [5, 5.41) is 0. The van der Waals surface area contributed by atoms with Gasteiger partial charge in [0.05, 0.1) is 0 Å². The standard InChI is InChI=1S/FH2O3P.Sn.2H/c1-5(2,3)4;;;/h(H2,2,3,4);;;/q;+2;;/p-2. The predicted octanol–water partition coefficient (Wildman–Crippen LogP) is -2.13. The Hall–Kier alpha value is 0.879. The summed E-state index contributed by atoms with van der Waals surface area (Å²) in [6.07, 6.45) is 0. The molecule has 0 radical (unpaired) electrons. The van der Waals surface area contributed by atoms with E-state index >= 15 is 0 Å². The second-order valence-electron chi connectivity index (χ2n) is 0.431. The minimum atomic E-state index is -5.64. The molecule has 0 unspecified atom stereocenters. The second kappa shape index (κ2) is 2.96. The SMILES string of the molecule is O=P([O-])([O-])F.[SnH2+2]. The summed E-state index contributed by atoms with van der Waals surface area (Å²) in [7, 11) is -5.64. The molecule has 0 aromatic carbocycles. The molecule has 0 aliphatic rings. The second-order valence-corrected chi connectivity index (χ2v) is 1.29. The summed E-state index contributed by atoms with van der Waals surface area (Å²) in [5.74, 6) is 0. The summed E-state index contributed by atoms with van der Waals surface area (Å²) in [4.78, 5) is 16.9. The van der Waals surface area contributed by atoms with Crippen molar-refractivity contribution in [1.82, 2.24) is 0 Å². The molecular weight excluding hydrogens is 217 g/mol. The fraction of sp³-hybridized carbons (Fsp3) is 0. The summed E-state index contributed by atoms with van der Waals surface area (Å²) in [6.45, 7) is 0. The van der Waals surface area contributed by atoms with Gasteiger partial charge in [0.1, 0.15) is 7.91 Å². The molecule has 6 heteroatoms. The quantitative estimate of drug-likeness (QED) is 0.345. The van der Waals surface area contributed by atoms with Crippen LogP contribution in [0.5, 0.6) is 0 Å². The number of hydrogen-bond donors (Lipinski definition) is 0.